The second kappa shape index (κ2) is 2.32. The smallest absolute Gasteiger partial charge is 0.357 e. The molecule has 0 aromatic rings. The molecule has 1 atom stereocenters. The van der Waals surface area contributed by atoms with Crippen LogP contribution in [0.3, 0.4) is 0 Å². The molecule has 0 saturated carbocycles. The lowest BCUT2D eigenvalue weighted by Gasteiger charge is -2.12. The zero-order valence-electron chi connectivity index (χ0n) is 4.07. The van der Waals surface area contributed by atoms with Crippen LogP contribution in [0.15, 0.2) is 0 Å². The number of aliphatic hydroxyl groups excluding tert-OH is 1. The van der Waals surface area contributed by atoms with Crippen molar-refractivity contribution >= 4 is 0 Å². The number of hydrogen-bond donors (Lipinski definition) is 1. The predicted octanol–water partition coefficient (Wildman–Crippen LogP) is 0.514. The highest BCUT2D eigenvalue weighted by atomic mass is 19.3. The van der Waals surface area contributed by atoms with Crippen molar-refractivity contribution in [1.29, 1.82) is 0 Å². The van der Waals surface area contributed by atoms with E-state index >= 15 is 0 Å². The quantitative estimate of drug-likeness (QED) is 0.590. The van der Waals surface area contributed by atoms with Gasteiger partial charge in [-0.05, 0) is 0 Å². The van der Waals surface area contributed by atoms with E-state index < -0.39 is 12.5 Å². The van der Waals surface area contributed by atoms with Crippen molar-refractivity contribution < 1.29 is 23.0 Å². The fourth-order valence-electron chi connectivity index (χ4n) is 0.0972. The maximum absolute atomic E-state index is 11.4. The normalized spacial score (nSPS) is 16.1. The maximum Gasteiger partial charge on any atom is 0.411 e. The van der Waals surface area contributed by atoms with Gasteiger partial charge in [0.05, 0.1) is 0 Å². The third-order valence-corrected chi connectivity index (χ3v) is 0.549. The van der Waals surface area contributed by atoms with Gasteiger partial charge in [-0.25, -0.2) is 4.39 Å². The molecule has 0 spiro atoms. The Labute approximate surface area is 43.9 Å². The standard InChI is InChI=1S/C3H5F3O2/c1-8-3(5,6)2(4)7/h2,7H,1H3. The van der Waals surface area contributed by atoms with Crippen molar-refractivity contribution in [3.8, 4) is 0 Å². The minimum absolute atomic E-state index is 0.600. The second-order valence-corrected chi connectivity index (χ2v) is 1.10. The highest BCUT2D eigenvalue weighted by Gasteiger charge is 2.38. The summed E-state index contributed by atoms with van der Waals surface area (Å²) in [5.74, 6) is 0. The van der Waals surface area contributed by atoms with E-state index in [2.05, 4.69) is 4.74 Å². The number of aliphatic hydroxyl groups is 1. The number of methoxy groups -OCH3 is 1. The summed E-state index contributed by atoms with van der Waals surface area (Å²) < 4.78 is 37.3. The molecule has 0 aromatic carbocycles. The Balaban J connectivity index is 3.71. The van der Waals surface area contributed by atoms with Crippen LogP contribution in [0.1, 0.15) is 0 Å². The molecule has 0 aliphatic heterocycles. The largest absolute Gasteiger partial charge is 0.411 e. The first-order valence-corrected chi connectivity index (χ1v) is 1.76. The van der Waals surface area contributed by atoms with Crippen molar-refractivity contribution in [2.45, 2.75) is 12.5 Å². The third kappa shape index (κ3) is 1.67. The lowest BCUT2D eigenvalue weighted by atomic mass is 10.6. The number of alkyl halides is 3. The second-order valence-electron chi connectivity index (χ2n) is 1.10. The highest BCUT2D eigenvalue weighted by molar-refractivity contribution is 4.50. The molecule has 0 aromatic heterocycles. The Hall–Kier alpha value is -0.290. The molecule has 2 nitrogen and oxygen atoms in total. The first-order valence-electron chi connectivity index (χ1n) is 1.76. The fraction of sp³-hybridized carbons (Fsp3) is 1.00. The van der Waals surface area contributed by atoms with Crippen LogP contribution in [-0.2, 0) is 4.74 Å². The molecular weight excluding hydrogens is 125 g/mol. The topological polar surface area (TPSA) is 29.5 Å². The zero-order chi connectivity index (χ0) is 6.78. The van der Waals surface area contributed by atoms with Gasteiger partial charge < -0.3 is 9.84 Å². The molecule has 0 bridgehead atoms. The van der Waals surface area contributed by atoms with Crippen LogP contribution in [0, 0.1) is 0 Å². The number of halogens is 3. The van der Waals surface area contributed by atoms with Crippen molar-refractivity contribution in [3.05, 3.63) is 0 Å². The molecule has 0 aliphatic carbocycles. The van der Waals surface area contributed by atoms with Crippen LogP contribution in [0.25, 0.3) is 0 Å². The summed E-state index contributed by atoms with van der Waals surface area (Å²) in [6.07, 6.45) is -7.31. The van der Waals surface area contributed by atoms with Gasteiger partial charge in [0.25, 0.3) is 6.36 Å². The molecule has 50 valence electrons. The van der Waals surface area contributed by atoms with Gasteiger partial charge in [-0.1, -0.05) is 0 Å². The molecule has 0 saturated heterocycles. The van der Waals surface area contributed by atoms with Crippen LogP contribution in [0.5, 0.6) is 0 Å². The van der Waals surface area contributed by atoms with E-state index in [0.29, 0.717) is 7.11 Å². The summed E-state index contributed by atoms with van der Waals surface area (Å²) in [5, 5.41) is 7.54. The van der Waals surface area contributed by atoms with Crippen molar-refractivity contribution in [1.82, 2.24) is 0 Å². The summed E-state index contributed by atoms with van der Waals surface area (Å²) >= 11 is 0. The van der Waals surface area contributed by atoms with Crippen molar-refractivity contribution in [2.24, 2.45) is 0 Å². The average molecular weight is 130 g/mol. The van der Waals surface area contributed by atoms with Crippen LogP contribution >= 0.6 is 0 Å². The van der Waals surface area contributed by atoms with E-state index in [0.717, 1.165) is 0 Å². The van der Waals surface area contributed by atoms with Crippen LogP contribution in [-0.4, -0.2) is 24.7 Å². The predicted molar refractivity (Wildman–Crippen MR) is 19.1 cm³/mol. The first-order chi connectivity index (χ1) is 3.50. The molecule has 0 aliphatic rings. The van der Waals surface area contributed by atoms with Crippen LogP contribution < -0.4 is 0 Å². The number of ether oxygens (including phenoxy) is 1. The zero-order valence-corrected chi connectivity index (χ0v) is 4.07. The molecule has 5 heteroatoms. The van der Waals surface area contributed by atoms with Crippen LogP contribution in [0.2, 0.25) is 0 Å². The Morgan fingerprint density at radius 3 is 2.00 bits per heavy atom. The first kappa shape index (κ1) is 7.71. The molecule has 0 amide bonds. The summed E-state index contributed by atoms with van der Waals surface area (Å²) in [4.78, 5) is 0. The van der Waals surface area contributed by atoms with Gasteiger partial charge in [0.15, 0.2) is 0 Å². The Morgan fingerprint density at radius 2 is 2.00 bits per heavy atom. The fourth-order valence-corrected chi connectivity index (χ4v) is 0.0972. The molecular formula is C3H5F3O2. The molecule has 1 N–H and O–H groups in total. The minimum atomic E-state index is -4.07. The highest BCUT2D eigenvalue weighted by Crippen LogP contribution is 2.19. The van der Waals surface area contributed by atoms with Gasteiger partial charge >= 0.3 is 6.11 Å². The lowest BCUT2D eigenvalue weighted by Crippen LogP contribution is -2.31. The number of rotatable bonds is 2. The van der Waals surface area contributed by atoms with E-state index in [4.69, 9.17) is 5.11 Å². The van der Waals surface area contributed by atoms with Crippen LogP contribution in [0.4, 0.5) is 13.2 Å². The Kier molecular flexibility index (Phi) is 2.24. The molecule has 0 fully saturated rings. The van der Waals surface area contributed by atoms with Crippen molar-refractivity contribution in [3.63, 3.8) is 0 Å². The van der Waals surface area contributed by atoms with E-state index in [1.807, 2.05) is 0 Å². The van der Waals surface area contributed by atoms with E-state index in [1.165, 1.54) is 0 Å². The molecule has 0 radical (unpaired) electrons. The van der Waals surface area contributed by atoms with Gasteiger partial charge in [-0.15, -0.1) is 0 Å². The summed E-state index contributed by atoms with van der Waals surface area (Å²) in [7, 11) is 0.600. The van der Waals surface area contributed by atoms with E-state index in [1.54, 1.807) is 0 Å². The van der Waals surface area contributed by atoms with Gasteiger partial charge in [0, 0.05) is 7.11 Å². The van der Waals surface area contributed by atoms with E-state index in [9.17, 15) is 13.2 Å². The average Bonchev–Trinajstić information content (AvgIpc) is 1.67. The van der Waals surface area contributed by atoms with Gasteiger partial charge in [0.2, 0.25) is 0 Å². The van der Waals surface area contributed by atoms with Crippen molar-refractivity contribution in [2.75, 3.05) is 7.11 Å². The van der Waals surface area contributed by atoms with Gasteiger partial charge in [-0.2, -0.15) is 8.78 Å². The lowest BCUT2D eigenvalue weighted by molar-refractivity contribution is -0.307. The van der Waals surface area contributed by atoms with Gasteiger partial charge in [-0.3, -0.25) is 0 Å². The summed E-state index contributed by atoms with van der Waals surface area (Å²) in [5.41, 5.74) is 0. The summed E-state index contributed by atoms with van der Waals surface area (Å²) in [6, 6.07) is 0. The molecule has 0 rings (SSSR count). The molecule has 8 heavy (non-hydrogen) atoms. The minimum Gasteiger partial charge on any atom is -0.357 e. The van der Waals surface area contributed by atoms with Gasteiger partial charge in [0.1, 0.15) is 0 Å². The molecule has 0 heterocycles. The Bertz CT molecular complexity index is 72.9. The Morgan fingerprint density at radius 1 is 1.62 bits per heavy atom. The van der Waals surface area contributed by atoms with E-state index in [-0.39, 0.29) is 0 Å². The number of hydrogen-bond acceptors (Lipinski definition) is 2. The third-order valence-electron chi connectivity index (χ3n) is 0.549. The SMILES string of the molecule is COC(F)(F)C(O)F. The molecule has 1 unspecified atom stereocenters. The summed E-state index contributed by atoms with van der Waals surface area (Å²) in [6.45, 7) is 0. The monoisotopic (exact) mass is 130 g/mol. The maximum atomic E-state index is 11.4.